The van der Waals surface area contributed by atoms with Gasteiger partial charge < -0.3 is 4.90 Å². The quantitative estimate of drug-likeness (QED) is 0.632. The molecule has 0 unspecified atom stereocenters. The third kappa shape index (κ3) is 5.32. The zero-order chi connectivity index (χ0) is 17.0. The van der Waals surface area contributed by atoms with E-state index in [1.807, 2.05) is 4.90 Å². The molecular weight excluding hydrogens is 294 g/mol. The number of piperazine rings is 1. The van der Waals surface area contributed by atoms with Gasteiger partial charge in [0.25, 0.3) is 5.69 Å². The molecular formula is C17H25N3O3. The first-order valence-electron chi connectivity index (χ1n) is 7.98. The summed E-state index contributed by atoms with van der Waals surface area (Å²) in [6.07, 6.45) is 0.579. The third-order valence-corrected chi connectivity index (χ3v) is 3.96. The minimum absolute atomic E-state index is 0.0208. The molecule has 0 radical (unpaired) electrons. The molecule has 23 heavy (non-hydrogen) atoms. The molecule has 1 amide bonds. The molecule has 0 saturated carbocycles. The number of carbonyl (C=O) groups excluding carboxylic acids is 1. The smallest absolute Gasteiger partial charge is 0.269 e. The monoisotopic (exact) mass is 319 g/mol. The summed E-state index contributed by atoms with van der Waals surface area (Å²) in [5, 5.41) is 10.7. The van der Waals surface area contributed by atoms with Crippen molar-refractivity contribution in [2.75, 3.05) is 26.2 Å². The maximum absolute atomic E-state index is 12.2. The predicted octanol–water partition coefficient (Wildman–Crippen LogP) is 2.68. The van der Waals surface area contributed by atoms with E-state index in [0.717, 1.165) is 38.3 Å². The number of non-ortho nitro benzene ring substituents is 1. The molecule has 1 aromatic carbocycles. The van der Waals surface area contributed by atoms with Gasteiger partial charge in [-0.1, -0.05) is 32.9 Å². The van der Waals surface area contributed by atoms with Crippen LogP contribution in [0.3, 0.4) is 0 Å². The lowest BCUT2D eigenvalue weighted by Gasteiger charge is -2.36. The number of nitro groups is 1. The Labute approximate surface area is 137 Å². The highest BCUT2D eigenvalue weighted by molar-refractivity contribution is 5.76. The summed E-state index contributed by atoms with van der Waals surface area (Å²) in [5.41, 5.74) is 1.20. The van der Waals surface area contributed by atoms with Crippen LogP contribution >= 0.6 is 0 Å². The molecule has 1 aromatic rings. The van der Waals surface area contributed by atoms with Crippen molar-refractivity contribution in [3.8, 4) is 0 Å². The summed E-state index contributed by atoms with van der Waals surface area (Å²) >= 11 is 0. The number of nitrogens with zero attached hydrogens (tertiary/aromatic N) is 3. The van der Waals surface area contributed by atoms with Crippen molar-refractivity contribution in [2.45, 2.75) is 33.7 Å². The van der Waals surface area contributed by atoms with Gasteiger partial charge in [-0.2, -0.15) is 0 Å². The number of carbonyl (C=O) groups is 1. The summed E-state index contributed by atoms with van der Waals surface area (Å²) in [6.45, 7) is 10.2. The fourth-order valence-electron chi connectivity index (χ4n) is 2.70. The number of hydrogen-bond acceptors (Lipinski definition) is 4. The molecule has 0 aromatic heterocycles. The maximum Gasteiger partial charge on any atom is 0.269 e. The number of rotatable bonds is 4. The average molecular weight is 319 g/mol. The number of hydrogen-bond donors (Lipinski definition) is 0. The van der Waals surface area contributed by atoms with Crippen LogP contribution in [0.1, 0.15) is 32.8 Å². The van der Waals surface area contributed by atoms with Crippen LogP contribution in [0.2, 0.25) is 0 Å². The molecule has 1 aliphatic rings. The predicted molar refractivity (Wildman–Crippen MR) is 89.0 cm³/mol. The van der Waals surface area contributed by atoms with E-state index in [1.165, 1.54) is 0 Å². The van der Waals surface area contributed by atoms with Gasteiger partial charge in [0, 0.05) is 51.3 Å². The normalized spacial score (nSPS) is 16.4. The van der Waals surface area contributed by atoms with Crippen molar-refractivity contribution in [3.05, 3.63) is 39.9 Å². The minimum atomic E-state index is -0.386. The molecule has 1 saturated heterocycles. The molecule has 0 atom stereocenters. The van der Waals surface area contributed by atoms with Crippen molar-refractivity contribution in [2.24, 2.45) is 5.41 Å². The molecule has 6 nitrogen and oxygen atoms in total. The van der Waals surface area contributed by atoms with Crippen LogP contribution in [0.5, 0.6) is 0 Å². The van der Waals surface area contributed by atoms with Gasteiger partial charge in [0.1, 0.15) is 0 Å². The Morgan fingerprint density at radius 1 is 1.13 bits per heavy atom. The van der Waals surface area contributed by atoms with Gasteiger partial charge in [0.2, 0.25) is 5.91 Å². The number of amides is 1. The molecule has 1 heterocycles. The highest BCUT2D eigenvalue weighted by Crippen LogP contribution is 2.21. The van der Waals surface area contributed by atoms with E-state index in [1.54, 1.807) is 24.3 Å². The van der Waals surface area contributed by atoms with Gasteiger partial charge in [-0.05, 0) is 11.0 Å². The molecule has 1 fully saturated rings. The van der Waals surface area contributed by atoms with Crippen molar-refractivity contribution in [1.82, 2.24) is 9.80 Å². The largest absolute Gasteiger partial charge is 0.340 e. The SMILES string of the molecule is CC(C)(C)CC(=O)N1CCN(Cc2ccc([N+](=O)[O-])cc2)CC1. The zero-order valence-corrected chi connectivity index (χ0v) is 14.1. The topological polar surface area (TPSA) is 66.7 Å². The van der Waals surface area contributed by atoms with Crippen molar-refractivity contribution < 1.29 is 9.72 Å². The summed E-state index contributed by atoms with van der Waals surface area (Å²) in [6, 6.07) is 6.68. The Morgan fingerprint density at radius 2 is 1.70 bits per heavy atom. The number of nitro benzene ring substituents is 1. The van der Waals surface area contributed by atoms with Gasteiger partial charge in [0.15, 0.2) is 0 Å². The fourth-order valence-corrected chi connectivity index (χ4v) is 2.70. The van der Waals surface area contributed by atoms with E-state index >= 15 is 0 Å². The molecule has 6 heteroatoms. The van der Waals surface area contributed by atoms with Gasteiger partial charge >= 0.3 is 0 Å². The average Bonchev–Trinajstić information content (AvgIpc) is 2.46. The molecule has 2 rings (SSSR count). The van der Waals surface area contributed by atoms with Gasteiger partial charge in [-0.25, -0.2) is 0 Å². The first kappa shape index (κ1) is 17.4. The summed E-state index contributed by atoms with van der Waals surface area (Å²) in [7, 11) is 0. The maximum atomic E-state index is 12.2. The third-order valence-electron chi connectivity index (χ3n) is 3.96. The van der Waals surface area contributed by atoms with E-state index in [9.17, 15) is 14.9 Å². The molecule has 0 bridgehead atoms. The molecule has 126 valence electrons. The van der Waals surface area contributed by atoms with E-state index < -0.39 is 0 Å². The van der Waals surface area contributed by atoms with Crippen LogP contribution < -0.4 is 0 Å². The van der Waals surface area contributed by atoms with Crippen molar-refractivity contribution in [3.63, 3.8) is 0 Å². The van der Waals surface area contributed by atoms with Crippen molar-refractivity contribution in [1.29, 1.82) is 0 Å². The van der Waals surface area contributed by atoms with Crippen LogP contribution in [0.15, 0.2) is 24.3 Å². The Kier molecular flexibility index (Phi) is 5.36. The lowest BCUT2D eigenvalue weighted by atomic mass is 9.91. The summed E-state index contributed by atoms with van der Waals surface area (Å²) < 4.78 is 0. The molecule has 0 N–H and O–H groups in total. The van der Waals surface area contributed by atoms with Crippen LogP contribution in [0.25, 0.3) is 0 Å². The fraction of sp³-hybridized carbons (Fsp3) is 0.588. The van der Waals surface area contributed by atoms with Gasteiger partial charge in [-0.3, -0.25) is 19.8 Å². The molecule has 0 spiro atoms. The summed E-state index contributed by atoms with van der Waals surface area (Å²) in [5.74, 6) is 0.229. The number of benzene rings is 1. The first-order chi connectivity index (χ1) is 10.7. The van der Waals surface area contributed by atoms with E-state index in [0.29, 0.717) is 6.42 Å². The second-order valence-electron chi connectivity index (χ2n) is 7.32. The Morgan fingerprint density at radius 3 is 2.17 bits per heavy atom. The lowest BCUT2D eigenvalue weighted by Crippen LogP contribution is -2.48. The Hall–Kier alpha value is -1.95. The van der Waals surface area contributed by atoms with Crippen LogP contribution in [-0.2, 0) is 11.3 Å². The highest BCUT2D eigenvalue weighted by Gasteiger charge is 2.24. The Balaban J connectivity index is 1.82. The van der Waals surface area contributed by atoms with Gasteiger partial charge in [0.05, 0.1) is 4.92 Å². The zero-order valence-electron chi connectivity index (χ0n) is 14.1. The van der Waals surface area contributed by atoms with E-state index in [4.69, 9.17) is 0 Å². The van der Waals surface area contributed by atoms with Crippen LogP contribution in [-0.4, -0.2) is 46.8 Å². The highest BCUT2D eigenvalue weighted by atomic mass is 16.6. The second-order valence-corrected chi connectivity index (χ2v) is 7.32. The van der Waals surface area contributed by atoms with E-state index in [-0.39, 0.29) is 21.9 Å². The summed E-state index contributed by atoms with van der Waals surface area (Å²) in [4.78, 5) is 26.7. The van der Waals surface area contributed by atoms with Gasteiger partial charge in [-0.15, -0.1) is 0 Å². The Bertz CT molecular complexity index is 555. The van der Waals surface area contributed by atoms with Crippen LogP contribution in [0.4, 0.5) is 5.69 Å². The standard InChI is InChI=1S/C17H25N3O3/c1-17(2,3)12-16(21)19-10-8-18(9-11-19)13-14-4-6-15(7-5-14)20(22)23/h4-7H,8-13H2,1-3H3. The second kappa shape index (κ2) is 7.08. The first-order valence-corrected chi connectivity index (χ1v) is 7.98. The van der Waals surface area contributed by atoms with E-state index in [2.05, 4.69) is 25.7 Å². The lowest BCUT2D eigenvalue weighted by molar-refractivity contribution is -0.384. The molecule has 0 aliphatic carbocycles. The van der Waals surface area contributed by atoms with Crippen LogP contribution in [0, 0.1) is 15.5 Å². The van der Waals surface area contributed by atoms with Crippen molar-refractivity contribution >= 4 is 11.6 Å². The molecule has 1 aliphatic heterocycles. The minimum Gasteiger partial charge on any atom is -0.340 e.